The van der Waals surface area contributed by atoms with Crippen LogP contribution >= 0.6 is 37.4 Å². The van der Waals surface area contributed by atoms with Crippen molar-refractivity contribution in [2.75, 3.05) is 27.9 Å². The summed E-state index contributed by atoms with van der Waals surface area (Å²) in [5, 5.41) is 0. The lowest BCUT2D eigenvalue weighted by atomic mass is 10.0. The zero-order chi connectivity index (χ0) is 20.0. The number of H-pyrrole nitrogens is 1. The quantitative estimate of drug-likeness (QED) is 0.298. The number of methoxy groups -OCH3 is 3. The Morgan fingerprint density at radius 3 is 2.48 bits per heavy atom. The number of aromatic amines is 1. The molecule has 0 aliphatic rings. The third-order valence-corrected chi connectivity index (χ3v) is 4.94. The number of aromatic nitrogens is 1. The fraction of sp³-hybridized carbons (Fsp3) is 0.294. The van der Waals surface area contributed by atoms with Crippen molar-refractivity contribution < 1.29 is 26.8 Å². The highest BCUT2D eigenvalue weighted by atomic mass is 127. The van der Waals surface area contributed by atoms with Crippen LogP contribution in [0.25, 0.3) is 11.1 Å². The minimum atomic E-state index is -1.56. The predicted molar refractivity (Wildman–Crippen MR) is 112 cm³/mol. The average molecular weight is 553 g/mol. The summed E-state index contributed by atoms with van der Waals surface area (Å²) in [5.41, 5.74) is 1.91. The second-order valence-electron chi connectivity index (χ2n) is 5.00. The van der Waals surface area contributed by atoms with E-state index in [-0.39, 0.29) is 12.3 Å². The molecule has 1 aromatic carbocycles. The van der Waals surface area contributed by atoms with Gasteiger partial charge in [0.05, 0.1) is 44.3 Å². The first-order valence-electron chi connectivity index (χ1n) is 7.71. The maximum absolute atomic E-state index is 12.3. The molecule has 146 valence electrons. The van der Waals surface area contributed by atoms with Crippen LogP contribution in [0, 0.1) is 0 Å². The Labute approximate surface area is 175 Å². The van der Waals surface area contributed by atoms with Gasteiger partial charge in [-0.2, -0.15) is 3.21 Å². The predicted octanol–water partition coefficient (Wildman–Crippen LogP) is 4.30. The highest BCUT2D eigenvalue weighted by molar-refractivity contribution is 14.1. The number of benzene rings is 1. The highest BCUT2D eigenvalue weighted by Crippen LogP contribution is 2.47. The van der Waals surface area contributed by atoms with Crippen LogP contribution in [0.1, 0.15) is 23.1 Å². The zero-order valence-electron chi connectivity index (χ0n) is 15.1. The van der Waals surface area contributed by atoms with Gasteiger partial charge in [-0.3, -0.25) is 0 Å². The van der Waals surface area contributed by atoms with Crippen molar-refractivity contribution in [3.8, 4) is 28.4 Å². The minimum absolute atomic E-state index is 0.217. The van der Waals surface area contributed by atoms with E-state index < -0.39 is 27.4 Å². The Hall–Kier alpha value is -1.95. The molecule has 8 nitrogen and oxygen atoms in total. The number of ether oxygens (including phenoxy) is 4. The topological polar surface area (TPSA) is 99.2 Å². The van der Waals surface area contributed by atoms with Crippen molar-refractivity contribution in [1.82, 2.24) is 4.98 Å². The van der Waals surface area contributed by atoms with Crippen LogP contribution in [0.2, 0.25) is 0 Å². The van der Waals surface area contributed by atoms with E-state index in [1.54, 1.807) is 19.1 Å². The number of hydrogen-bond donors (Lipinski definition) is 1. The molecule has 27 heavy (non-hydrogen) atoms. The largest absolute Gasteiger partial charge is 0.493 e. The lowest BCUT2D eigenvalue weighted by Gasteiger charge is -2.16. The molecule has 10 heteroatoms. The number of nitrogens with one attached hydrogen (secondary N) is 1. The van der Waals surface area contributed by atoms with Gasteiger partial charge < -0.3 is 23.9 Å². The van der Waals surface area contributed by atoms with Gasteiger partial charge in [-0.1, -0.05) is 0 Å². The van der Waals surface area contributed by atoms with Gasteiger partial charge in [-0.25, -0.2) is 7.86 Å². The summed E-state index contributed by atoms with van der Waals surface area (Å²) in [4.78, 5) is 15.2. The molecule has 2 rings (SSSR count). The molecule has 0 spiro atoms. The molecule has 0 saturated carbocycles. The first-order chi connectivity index (χ1) is 13.0. The third-order valence-electron chi connectivity index (χ3n) is 3.64. The van der Waals surface area contributed by atoms with Crippen LogP contribution < -0.4 is 14.2 Å². The summed E-state index contributed by atoms with van der Waals surface area (Å²) in [6.07, 6.45) is 1.42. The SMILES string of the molecule is CCOC(=O)c1[nH]c(/C=N/I=O)c(-c2ccc(OC)c(OC)c2OC)c1Br. The molecule has 0 bridgehead atoms. The summed E-state index contributed by atoms with van der Waals surface area (Å²) in [6, 6.07) is 3.49. The van der Waals surface area contributed by atoms with Crippen LogP contribution in [-0.4, -0.2) is 45.1 Å². The van der Waals surface area contributed by atoms with E-state index in [0.29, 0.717) is 38.5 Å². The lowest BCUT2D eigenvalue weighted by Crippen LogP contribution is -2.05. The molecule has 0 atom stereocenters. The van der Waals surface area contributed by atoms with Crippen molar-refractivity contribution in [3.63, 3.8) is 0 Å². The molecule has 1 N–H and O–H groups in total. The Kier molecular flexibility index (Phi) is 7.78. The van der Waals surface area contributed by atoms with Gasteiger partial charge in [-0.15, -0.1) is 0 Å². The molecular formula is C17H18BrIN2O6. The molecule has 0 saturated heterocycles. The number of nitrogens with zero attached hydrogens (tertiary/aromatic N) is 1. The first-order valence-corrected chi connectivity index (χ1v) is 10.3. The highest BCUT2D eigenvalue weighted by Gasteiger charge is 2.26. The molecule has 0 amide bonds. The maximum atomic E-state index is 12.3. The van der Waals surface area contributed by atoms with E-state index in [0.717, 1.165) is 0 Å². The second kappa shape index (κ2) is 9.83. The van der Waals surface area contributed by atoms with Crippen molar-refractivity contribution >= 4 is 49.6 Å². The fourth-order valence-electron chi connectivity index (χ4n) is 2.57. The molecule has 0 fully saturated rings. The van der Waals surface area contributed by atoms with Crippen LogP contribution in [0.5, 0.6) is 17.2 Å². The zero-order valence-corrected chi connectivity index (χ0v) is 18.8. The van der Waals surface area contributed by atoms with Crippen LogP contribution in [0.15, 0.2) is 19.8 Å². The number of carbonyl (C=O) groups excluding carboxylic acids is 1. The number of halogens is 2. The van der Waals surface area contributed by atoms with Gasteiger partial charge in [0.15, 0.2) is 11.5 Å². The van der Waals surface area contributed by atoms with E-state index in [1.807, 2.05) is 0 Å². The van der Waals surface area contributed by atoms with Gasteiger partial charge in [-0.05, 0) is 35.0 Å². The molecule has 0 aliphatic carbocycles. The smallest absolute Gasteiger partial charge is 0.355 e. The second-order valence-corrected chi connectivity index (χ2v) is 6.74. The molecule has 0 aliphatic heterocycles. The number of hydrogen-bond acceptors (Lipinski definition) is 6. The standard InChI is InChI=1S/C17H18BrIN2O6/c1-5-27-17(22)14-13(18)12(10(21-14)8-20-19-23)9-6-7-11(24-2)16(26-4)15(9)25-3/h6-8,21H,5H2,1-4H3/b20-8+. The first kappa shape index (κ1) is 21.4. The van der Waals surface area contributed by atoms with Crippen molar-refractivity contribution in [2.24, 2.45) is 3.21 Å². The van der Waals surface area contributed by atoms with Crippen LogP contribution in [0.3, 0.4) is 0 Å². The minimum Gasteiger partial charge on any atom is -0.493 e. The normalized spacial score (nSPS) is 10.9. The summed E-state index contributed by atoms with van der Waals surface area (Å²) in [7, 11) is 4.53. The summed E-state index contributed by atoms with van der Waals surface area (Å²) in [5.74, 6) is 0.790. The number of carbonyl (C=O) groups is 1. The van der Waals surface area contributed by atoms with E-state index in [2.05, 4.69) is 24.1 Å². The van der Waals surface area contributed by atoms with Crippen LogP contribution in [0.4, 0.5) is 0 Å². The van der Waals surface area contributed by atoms with Crippen molar-refractivity contribution in [3.05, 3.63) is 28.0 Å². The average Bonchev–Trinajstić information content (AvgIpc) is 3.01. The van der Waals surface area contributed by atoms with E-state index in [4.69, 9.17) is 18.9 Å². The number of rotatable bonds is 8. The molecule has 0 radical (unpaired) electrons. The Morgan fingerprint density at radius 1 is 1.22 bits per heavy atom. The maximum Gasteiger partial charge on any atom is 0.355 e. The van der Waals surface area contributed by atoms with Gasteiger partial charge in [0.2, 0.25) is 5.75 Å². The Balaban J connectivity index is 2.79. The Morgan fingerprint density at radius 2 is 1.93 bits per heavy atom. The lowest BCUT2D eigenvalue weighted by molar-refractivity contribution is 0.0519. The van der Waals surface area contributed by atoms with Gasteiger partial charge in [0.1, 0.15) is 5.69 Å². The molecule has 1 aromatic heterocycles. The molecule has 1 heterocycles. The summed E-state index contributed by atoms with van der Waals surface area (Å²) < 4.78 is 36.6. The van der Waals surface area contributed by atoms with Gasteiger partial charge in [0, 0.05) is 11.1 Å². The van der Waals surface area contributed by atoms with Crippen LogP contribution in [-0.2, 0) is 7.81 Å². The van der Waals surface area contributed by atoms with E-state index in [1.165, 1.54) is 27.5 Å². The van der Waals surface area contributed by atoms with Gasteiger partial charge >= 0.3 is 5.97 Å². The number of esters is 1. The molecule has 0 unspecified atom stereocenters. The van der Waals surface area contributed by atoms with Crippen molar-refractivity contribution in [2.45, 2.75) is 6.92 Å². The monoisotopic (exact) mass is 552 g/mol. The third kappa shape index (κ3) is 4.32. The fourth-order valence-corrected chi connectivity index (χ4v) is 3.65. The molecule has 2 aromatic rings. The van der Waals surface area contributed by atoms with Crippen molar-refractivity contribution in [1.29, 1.82) is 0 Å². The Bertz CT molecular complexity index is 881. The van der Waals surface area contributed by atoms with Gasteiger partial charge in [0.25, 0.3) is 21.5 Å². The molecular weight excluding hydrogens is 535 g/mol. The van der Waals surface area contributed by atoms with E-state index in [9.17, 15) is 7.86 Å². The summed E-state index contributed by atoms with van der Waals surface area (Å²) >= 11 is 1.89. The van der Waals surface area contributed by atoms with E-state index >= 15 is 0 Å². The summed E-state index contributed by atoms with van der Waals surface area (Å²) in [6.45, 7) is 1.95.